The van der Waals surface area contributed by atoms with E-state index in [-0.39, 0.29) is 17.4 Å². The normalized spacial score (nSPS) is 12.5. The molecule has 7 nitrogen and oxygen atoms in total. The topological polar surface area (TPSA) is 118 Å². The molecule has 4 N–H and O–H groups in total. The third-order valence-electron chi connectivity index (χ3n) is 3.00. The lowest BCUT2D eigenvalue weighted by Crippen LogP contribution is -2.34. The number of nitrogens with one attached hydrogen (secondary N) is 2. The zero-order valence-corrected chi connectivity index (χ0v) is 12.7. The molecule has 0 saturated carbocycles. The van der Waals surface area contributed by atoms with Gasteiger partial charge in [-0.25, -0.2) is 17.9 Å². The molecule has 1 aromatic carbocycles. The monoisotopic (exact) mass is 313 g/mol. The van der Waals surface area contributed by atoms with Crippen molar-refractivity contribution in [3.63, 3.8) is 0 Å². The van der Waals surface area contributed by atoms with Crippen LogP contribution in [-0.4, -0.2) is 20.4 Å². The minimum Gasteiger partial charge on any atom is -0.352 e. The Kier molecular flexibility index (Phi) is 5.71. The van der Waals surface area contributed by atoms with Crippen LogP contribution in [0, 0.1) is 5.92 Å². The van der Waals surface area contributed by atoms with Crippen LogP contribution < -0.4 is 15.8 Å². The summed E-state index contributed by atoms with van der Waals surface area (Å²) in [6.07, 6.45) is 0.555. The van der Waals surface area contributed by atoms with Gasteiger partial charge in [-0.1, -0.05) is 26.0 Å². The van der Waals surface area contributed by atoms with E-state index in [2.05, 4.69) is 5.32 Å². The summed E-state index contributed by atoms with van der Waals surface area (Å²) in [5, 5.41) is 2.39. The highest BCUT2D eigenvalue weighted by Crippen LogP contribution is 2.12. The van der Waals surface area contributed by atoms with Crippen LogP contribution in [0.15, 0.2) is 29.2 Å². The van der Waals surface area contributed by atoms with Gasteiger partial charge in [0.25, 0.3) is 10.0 Å². The number of urea groups is 1. The number of rotatable bonds is 6. The van der Waals surface area contributed by atoms with Crippen molar-refractivity contribution in [3.8, 4) is 0 Å². The van der Waals surface area contributed by atoms with E-state index in [9.17, 15) is 18.0 Å². The van der Waals surface area contributed by atoms with E-state index in [1.807, 2.05) is 4.72 Å². The summed E-state index contributed by atoms with van der Waals surface area (Å²) in [6, 6.07) is 5.15. The molecule has 1 aromatic rings. The van der Waals surface area contributed by atoms with Crippen LogP contribution in [0.1, 0.15) is 25.8 Å². The van der Waals surface area contributed by atoms with Crippen molar-refractivity contribution in [1.82, 2.24) is 10.0 Å². The third-order valence-corrected chi connectivity index (χ3v) is 4.36. The lowest BCUT2D eigenvalue weighted by Gasteiger charge is -2.11. The Labute approximate surface area is 124 Å². The van der Waals surface area contributed by atoms with Gasteiger partial charge in [-0.15, -0.1) is 0 Å². The smallest absolute Gasteiger partial charge is 0.312 e. The standard InChI is InChI=1S/C13H19N3O4S/c1-3-9(2)12(17)16-21(19,20)11-6-4-10(5-7-11)8-15-13(14)18/h4-7,9H,3,8H2,1-2H3,(H,16,17)(H3,14,15,18)/t9-/m0/s1. The Balaban J connectivity index is 2.80. The largest absolute Gasteiger partial charge is 0.352 e. The minimum atomic E-state index is -3.87. The van der Waals surface area contributed by atoms with Gasteiger partial charge in [0.05, 0.1) is 4.90 Å². The molecule has 0 aliphatic carbocycles. The highest BCUT2D eigenvalue weighted by molar-refractivity contribution is 7.90. The summed E-state index contributed by atoms with van der Waals surface area (Å²) < 4.78 is 26.1. The minimum absolute atomic E-state index is 0.0121. The maximum absolute atomic E-state index is 12.0. The van der Waals surface area contributed by atoms with Gasteiger partial charge in [0.1, 0.15) is 0 Å². The maximum Gasteiger partial charge on any atom is 0.312 e. The molecule has 8 heteroatoms. The van der Waals surface area contributed by atoms with Crippen molar-refractivity contribution in [1.29, 1.82) is 0 Å². The SMILES string of the molecule is CC[C@H](C)C(=O)NS(=O)(=O)c1ccc(CNC(N)=O)cc1. The molecule has 21 heavy (non-hydrogen) atoms. The zero-order chi connectivity index (χ0) is 16.0. The van der Waals surface area contributed by atoms with Gasteiger partial charge in [0.15, 0.2) is 0 Å². The van der Waals surface area contributed by atoms with Crippen LogP contribution in [-0.2, 0) is 21.4 Å². The van der Waals surface area contributed by atoms with E-state index < -0.39 is 22.0 Å². The van der Waals surface area contributed by atoms with Crippen LogP contribution in [0.2, 0.25) is 0 Å². The van der Waals surface area contributed by atoms with Crippen molar-refractivity contribution in [3.05, 3.63) is 29.8 Å². The van der Waals surface area contributed by atoms with Crippen LogP contribution in [0.4, 0.5) is 4.79 Å². The summed E-state index contributed by atoms with van der Waals surface area (Å²) in [6.45, 7) is 3.66. The first-order valence-electron chi connectivity index (χ1n) is 6.45. The lowest BCUT2D eigenvalue weighted by molar-refractivity contribution is -0.122. The number of carbonyl (C=O) groups is 2. The van der Waals surface area contributed by atoms with Gasteiger partial charge in [0, 0.05) is 12.5 Å². The molecule has 0 aliphatic rings. The molecule has 116 valence electrons. The first-order valence-corrected chi connectivity index (χ1v) is 7.93. The van der Waals surface area contributed by atoms with Crippen molar-refractivity contribution in [2.24, 2.45) is 11.7 Å². The van der Waals surface area contributed by atoms with E-state index in [4.69, 9.17) is 5.73 Å². The number of nitrogens with two attached hydrogens (primary N) is 1. The third kappa shape index (κ3) is 5.07. The fraction of sp³-hybridized carbons (Fsp3) is 0.385. The molecule has 0 aliphatic heterocycles. The molecule has 0 bridgehead atoms. The lowest BCUT2D eigenvalue weighted by atomic mass is 10.1. The van der Waals surface area contributed by atoms with Gasteiger partial charge in [-0.2, -0.15) is 0 Å². The summed E-state index contributed by atoms with van der Waals surface area (Å²) in [7, 11) is -3.87. The van der Waals surface area contributed by atoms with Crippen molar-refractivity contribution in [2.45, 2.75) is 31.7 Å². The molecule has 0 spiro atoms. The number of sulfonamides is 1. The van der Waals surface area contributed by atoms with Gasteiger partial charge in [-0.05, 0) is 24.1 Å². The van der Waals surface area contributed by atoms with Gasteiger partial charge < -0.3 is 11.1 Å². The van der Waals surface area contributed by atoms with E-state index in [0.29, 0.717) is 12.0 Å². The second kappa shape index (κ2) is 7.07. The second-order valence-corrected chi connectivity index (χ2v) is 6.32. The van der Waals surface area contributed by atoms with E-state index in [1.165, 1.54) is 24.3 Å². The molecule has 1 rings (SSSR count). The number of primary amides is 1. The number of amides is 3. The summed E-state index contributed by atoms with van der Waals surface area (Å²) in [4.78, 5) is 22.2. The second-order valence-electron chi connectivity index (χ2n) is 4.64. The quantitative estimate of drug-likeness (QED) is 0.716. The van der Waals surface area contributed by atoms with Crippen molar-refractivity contribution < 1.29 is 18.0 Å². The van der Waals surface area contributed by atoms with E-state index in [1.54, 1.807) is 13.8 Å². The number of hydrogen-bond acceptors (Lipinski definition) is 4. The zero-order valence-electron chi connectivity index (χ0n) is 11.9. The predicted octanol–water partition coefficient (Wildman–Crippen LogP) is 0.706. The first kappa shape index (κ1) is 17.0. The molecular weight excluding hydrogens is 294 g/mol. The average Bonchev–Trinajstić information content (AvgIpc) is 2.44. The number of hydrogen-bond donors (Lipinski definition) is 3. The molecule has 0 heterocycles. The first-order chi connectivity index (χ1) is 9.76. The molecular formula is C13H19N3O4S. The molecule has 0 saturated heterocycles. The van der Waals surface area contributed by atoms with Crippen LogP contribution in [0.5, 0.6) is 0 Å². The van der Waals surface area contributed by atoms with Crippen molar-refractivity contribution in [2.75, 3.05) is 0 Å². The number of benzene rings is 1. The maximum atomic E-state index is 12.0. The summed E-state index contributed by atoms with van der Waals surface area (Å²) >= 11 is 0. The number of carbonyl (C=O) groups excluding carboxylic acids is 2. The van der Waals surface area contributed by atoms with Crippen LogP contribution in [0.3, 0.4) is 0 Å². The van der Waals surface area contributed by atoms with Gasteiger partial charge >= 0.3 is 6.03 Å². The fourth-order valence-electron chi connectivity index (χ4n) is 1.45. The average molecular weight is 313 g/mol. The van der Waals surface area contributed by atoms with Crippen molar-refractivity contribution >= 4 is 22.0 Å². The molecule has 0 unspecified atom stereocenters. The van der Waals surface area contributed by atoms with Gasteiger partial charge in [-0.3, -0.25) is 4.79 Å². The predicted molar refractivity (Wildman–Crippen MR) is 77.6 cm³/mol. The molecule has 0 aromatic heterocycles. The summed E-state index contributed by atoms with van der Waals surface area (Å²) in [5.41, 5.74) is 5.64. The Morgan fingerprint density at radius 3 is 2.29 bits per heavy atom. The van der Waals surface area contributed by atoms with Gasteiger partial charge in [0.2, 0.25) is 5.91 Å². The Hall–Kier alpha value is -2.09. The highest BCUT2D eigenvalue weighted by atomic mass is 32.2. The molecule has 0 fully saturated rings. The van der Waals surface area contributed by atoms with E-state index >= 15 is 0 Å². The molecule has 0 radical (unpaired) electrons. The van der Waals surface area contributed by atoms with Crippen LogP contribution >= 0.6 is 0 Å². The Morgan fingerprint density at radius 1 is 1.24 bits per heavy atom. The van der Waals surface area contributed by atoms with E-state index in [0.717, 1.165) is 0 Å². The molecule has 3 amide bonds. The van der Waals surface area contributed by atoms with Crippen LogP contribution in [0.25, 0.3) is 0 Å². The Morgan fingerprint density at radius 2 is 1.81 bits per heavy atom. The highest BCUT2D eigenvalue weighted by Gasteiger charge is 2.20. The summed E-state index contributed by atoms with van der Waals surface area (Å²) in [5.74, 6) is -0.907. The molecule has 1 atom stereocenters. The fourth-order valence-corrected chi connectivity index (χ4v) is 2.53. The Bertz CT molecular complexity index is 611.